The quantitative estimate of drug-likeness (QED) is 0.767. The predicted molar refractivity (Wildman–Crippen MR) is 67.2 cm³/mol. The topological polar surface area (TPSA) is 41.1 Å². The van der Waals surface area contributed by atoms with Crippen LogP contribution in [0.15, 0.2) is 0 Å². The molecule has 1 fully saturated rings. The molecule has 1 unspecified atom stereocenters. The average molecular weight is 226 g/mol. The van der Waals surface area contributed by atoms with Crippen molar-refractivity contribution < 1.29 is 4.79 Å². The largest absolute Gasteiger partial charge is 0.354 e. The van der Waals surface area contributed by atoms with Crippen molar-refractivity contribution in [1.29, 1.82) is 0 Å². The van der Waals surface area contributed by atoms with E-state index in [2.05, 4.69) is 38.3 Å². The molecule has 2 atom stereocenters. The summed E-state index contributed by atoms with van der Waals surface area (Å²) in [6, 6.07) is 0.0113. The van der Waals surface area contributed by atoms with Crippen LogP contribution in [0.25, 0.3) is 0 Å². The Morgan fingerprint density at radius 3 is 2.31 bits per heavy atom. The lowest BCUT2D eigenvalue weighted by Crippen LogP contribution is -2.41. The molecule has 2 N–H and O–H groups in total. The molecule has 0 saturated carbocycles. The van der Waals surface area contributed by atoms with Gasteiger partial charge in [-0.3, -0.25) is 4.79 Å². The lowest BCUT2D eigenvalue weighted by Gasteiger charge is -2.18. The molecule has 16 heavy (non-hydrogen) atoms. The van der Waals surface area contributed by atoms with Gasteiger partial charge in [0.15, 0.2) is 0 Å². The molecule has 0 aliphatic carbocycles. The summed E-state index contributed by atoms with van der Waals surface area (Å²) in [6.45, 7) is 10.6. The third kappa shape index (κ3) is 4.52. The molecule has 3 heteroatoms. The Morgan fingerprint density at radius 2 is 1.75 bits per heavy atom. The van der Waals surface area contributed by atoms with Gasteiger partial charge in [0.25, 0.3) is 0 Å². The summed E-state index contributed by atoms with van der Waals surface area (Å²) in [5, 5.41) is 6.46. The Kier molecular flexibility index (Phi) is 5.26. The third-order valence-corrected chi connectivity index (χ3v) is 3.05. The maximum Gasteiger partial charge on any atom is 0.237 e. The van der Waals surface area contributed by atoms with Gasteiger partial charge in [0, 0.05) is 13.1 Å². The smallest absolute Gasteiger partial charge is 0.237 e. The second-order valence-electron chi connectivity index (χ2n) is 5.83. The Bertz CT molecular complexity index is 226. The summed E-state index contributed by atoms with van der Waals surface area (Å²) >= 11 is 0. The highest BCUT2D eigenvalue weighted by Gasteiger charge is 2.25. The van der Waals surface area contributed by atoms with Gasteiger partial charge in [-0.15, -0.1) is 0 Å². The van der Waals surface area contributed by atoms with Crippen molar-refractivity contribution in [2.24, 2.45) is 17.8 Å². The van der Waals surface area contributed by atoms with E-state index in [-0.39, 0.29) is 11.9 Å². The van der Waals surface area contributed by atoms with Crippen LogP contribution in [0.4, 0.5) is 0 Å². The van der Waals surface area contributed by atoms with Gasteiger partial charge in [-0.1, -0.05) is 27.7 Å². The zero-order valence-corrected chi connectivity index (χ0v) is 11.0. The molecule has 0 aromatic carbocycles. The summed E-state index contributed by atoms with van der Waals surface area (Å²) in [5.41, 5.74) is 0. The van der Waals surface area contributed by atoms with Crippen molar-refractivity contribution >= 4 is 5.91 Å². The van der Waals surface area contributed by atoms with E-state index in [1.807, 2.05) is 0 Å². The van der Waals surface area contributed by atoms with E-state index in [0.717, 1.165) is 19.5 Å². The Balaban J connectivity index is 2.45. The van der Waals surface area contributed by atoms with Crippen molar-refractivity contribution in [3.63, 3.8) is 0 Å². The van der Waals surface area contributed by atoms with E-state index in [0.29, 0.717) is 17.8 Å². The van der Waals surface area contributed by atoms with E-state index in [1.54, 1.807) is 0 Å². The van der Waals surface area contributed by atoms with Gasteiger partial charge in [-0.25, -0.2) is 0 Å². The zero-order valence-electron chi connectivity index (χ0n) is 11.0. The minimum absolute atomic E-state index is 0.0113. The normalized spacial score (nSPS) is 27.0. The standard InChI is InChI=1S/C13H26N2O/c1-9(2)5-11-7-14-12(6-10(3)4)13(16)15-8-11/h9-12,14H,5-8H2,1-4H3,(H,15,16)/t11?,12-/m0/s1. The first-order valence-corrected chi connectivity index (χ1v) is 6.50. The number of hydrogen-bond acceptors (Lipinski definition) is 2. The predicted octanol–water partition coefficient (Wildman–Crippen LogP) is 1.78. The number of carbonyl (C=O) groups is 1. The summed E-state index contributed by atoms with van der Waals surface area (Å²) in [6.07, 6.45) is 2.11. The van der Waals surface area contributed by atoms with Crippen LogP contribution in [-0.4, -0.2) is 25.0 Å². The molecular formula is C13H26N2O. The monoisotopic (exact) mass is 226 g/mol. The maximum absolute atomic E-state index is 11.8. The molecule has 1 rings (SSSR count). The first-order chi connectivity index (χ1) is 7.49. The van der Waals surface area contributed by atoms with Gasteiger partial charge in [0.1, 0.15) is 0 Å². The van der Waals surface area contributed by atoms with Crippen LogP contribution < -0.4 is 10.6 Å². The fraction of sp³-hybridized carbons (Fsp3) is 0.923. The molecular weight excluding hydrogens is 200 g/mol. The minimum Gasteiger partial charge on any atom is -0.354 e. The van der Waals surface area contributed by atoms with Crippen molar-refractivity contribution in [1.82, 2.24) is 10.6 Å². The Morgan fingerprint density at radius 1 is 1.12 bits per heavy atom. The summed E-state index contributed by atoms with van der Waals surface area (Å²) in [7, 11) is 0. The lowest BCUT2D eigenvalue weighted by molar-refractivity contribution is -0.123. The average Bonchev–Trinajstić information content (AvgIpc) is 2.31. The van der Waals surface area contributed by atoms with Crippen molar-refractivity contribution in [2.45, 2.75) is 46.6 Å². The first kappa shape index (κ1) is 13.5. The molecule has 3 nitrogen and oxygen atoms in total. The summed E-state index contributed by atoms with van der Waals surface area (Å²) in [4.78, 5) is 11.8. The molecule has 0 bridgehead atoms. The van der Waals surface area contributed by atoms with Crippen molar-refractivity contribution in [2.75, 3.05) is 13.1 Å². The molecule has 0 aromatic rings. The van der Waals surface area contributed by atoms with Crippen LogP contribution in [0.3, 0.4) is 0 Å². The van der Waals surface area contributed by atoms with Crippen molar-refractivity contribution in [3.8, 4) is 0 Å². The van der Waals surface area contributed by atoms with Gasteiger partial charge < -0.3 is 10.6 Å². The van der Waals surface area contributed by atoms with Crippen molar-refractivity contribution in [3.05, 3.63) is 0 Å². The van der Waals surface area contributed by atoms with E-state index in [1.165, 1.54) is 6.42 Å². The van der Waals surface area contributed by atoms with Gasteiger partial charge in [-0.05, 0) is 30.6 Å². The van der Waals surface area contributed by atoms with E-state index in [4.69, 9.17) is 0 Å². The van der Waals surface area contributed by atoms with Gasteiger partial charge in [-0.2, -0.15) is 0 Å². The maximum atomic E-state index is 11.8. The van der Waals surface area contributed by atoms with E-state index >= 15 is 0 Å². The summed E-state index contributed by atoms with van der Waals surface area (Å²) < 4.78 is 0. The molecule has 0 radical (unpaired) electrons. The first-order valence-electron chi connectivity index (χ1n) is 6.50. The molecule has 0 aromatic heterocycles. The molecule has 94 valence electrons. The highest BCUT2D eigenvalue weighted by molar-refractivity contribution is 5.81. The van der Waals surface area contributed by atoms with Gasteiger partial charge >= 0.3 is 0 Å². The zero-order chi connectivity index (χ0) is 12.1. The van der Waals surface area contributed by atoms with E-state index in [9.17, 15) is 4.79 Å². The number of hydrogen-bond donors (Lipinski definition) is 2. The van der Waals surface area contributed by atoms with E-state index < -0.39 is 0 Å². The third-order valence-electron chi connectivity index (χ3n) is 3.05. The molecule has 1 heterocycles. The van der Waals surface area contributed by atoms with Crippen LogP contribution in [0.2, 0.25) is 0 Å². The van der Waals surface area contributed by atoms with Crippen LogP contribution in [0.1, 0.15) is 40.5 Å². The number of nitrogens with one attached hydrogen (secondary N) is 2. The highest BCUT2D eigenvalue weighted by atomic mass is 16.2. The highest BCUT2D eigenvalue weighted by Crippen LogP contribution is 2.14. The fourth-order valence-corrected chi connectivity index (χ4v) is 2.34. The second kappa shape index (κ2) is 6.24. The number of amides is 1. The molecule has 1 aliphatic heterocycles. The van der Waals surface area contributed by atoms with Gasteiger partial charge in [0.2, 0.25) is 5.91 Å². The lowest BCUT2D eigenvalue weighted by atomic mass is 9.97. The second-order valence-corrected chi connectivity index (χ2v) is 5.83. The molecule has 0 spiro atoms. The summed E-state index contributed by atoms with van der Waals surface area (Å²) in [5.74, 6) is 2.02. The van der Waals surface area contributed by atoms with Gasteiger partial charge in [0.05, 0.1) is 6.04 Å². The number of carbonyl (C=O) groups excluding carboxylic acids is 1. The molecule has 1 saturated heterocycles. The minimum atomic E-state index is 0.0113. The SMILES string of the molecule is CC(C)CC1CNC(=O)[C@H](CC(C)C)NC1. The fourth-order valence-electron chi connectivity index (χ4n) is 2.34. The van der Waals surface area contributed by atoms with Crippen LogP contribution in [-0.2, 0) is 4.79 Å². The Hall–Kier alpha value is -0.570. The van der Waals surface area contributed by atoms with Crippen LogP contribution >= 0.6 is 0 Å². The molecule has 1 amide bonds. The van der Waals surface area contributed by atoms with Crippen LogP contribution in [0, 0.1) is 17.8 Å². The number of rotatable bonds is 4. The van der Waals surface area contributed by atoms with Crippen LogP contribution in [0.5, 0.6) is 0 Å². The Labute approximate surface area is 99.4 Å². The molecule has 1 aliphatic rings.